The molecular formula is C12H14N4O. The first-order valence-electron chi connectivity index (χ1n) is 5.63. The van der Waals surface area contributed by atoms with E-state index in [2.05, 4.69) is 14.9 Å². The molecule has 0 atom stereocenters. The van der Waals surface area contributed by atoms with Crippen molar-refractivity contribution in [3.8, 4) is 0 Å². The maximum absolute atomic E-state index is 12.3. The zero-order valence-electron chi connectivity index (χ0n) is 10.2. The summed E-state index contributed by atoms with van der Waals surface area (Å²) in [5, 5.41) is 0. The molecule has 1 aliphatic rings. The summed E-state index contributed by atoms with van der Waals surface area (Å²) in [4.78, 5) is 23.2. The van der Waals surface area contributed by atoms with Crippen molar-refractivity contribution in [3.05, 3.63) is 39.1 Å². The molecule has 0 aromatic carbocycles. The molecule has 2 aromatic rings. The van der Waals surface area contributed by atoms with Gasteiger partial charge in [-0.05, 0) is 26.5 Å². The fraction of sp³-hybridized carbons (Fsp3) is 0.417. The number of fused-ring (bicyclic) bond motifs is 2. The van der Waals surface area contributed by atoms with Crippen molar-refractivity contribution in [2.45, 2.75) is 26.9 Å². The topological polar surface area (TPSA) is 50.5 Å². The Labute approximate surface area is 98.7 Å². The minimum absolute atomic E-state index is 0.0185. The Morgan fingerprint density at radius 1 is 1.24 bits per heavy atom. The summed E-state index contributed by atoms with van der Waals surface area (Å²) in [6.45, 7) is 5.29. The van der Waals surface area contributed by atoms with Crippen LogP contribution in [0.4, 0.5) is 0 Å². The molecule has 5 nitrogen and oxygen atoms in total. The van der Waals surface area contributed by atoms with E-state index in [-0.39, 0.29) is 5.56 Å². The Kier molecular flexibility index (Phi) is 2.06. The highest BCUT2D eigenvalue weighted by Crippen LogP contribution is 2.16. The van der Waals surface area contributed by atoms with E-state index in [0.717, 1.165) is 29.1 Å². The standard InChI is InChI=1S/C12H14N4O/c1-7-4-16-11(17)9-5-15(3)6-10(9)14-12(16)13-8(7)2/h4H,5-6H2,1-3H3. The molecule has 0 radical (unpaired) electrons. The number of nitrogens with zero attached hydrogens (tertiary/aromatic N) is 4. The Morgan fingerprint density at radius 2 is 2.00 bits per heavy atom. The van der Waals surface area contributed by atoms with E-state index in [1.807, 2.05) is 27.1 Å². The first kappa shape index (κ1) is 10.4. The van der Waals surface area contributed by atoms with E-state index in [1.54, 1.807) is 4.40 Å². The summed E-state index contributed by atoms with van der Waals surface area (Å²) in [7, 11) is 1.99. The van der Waals surface area contributed by atoms with Crippen molar-refractivity contribution in [3.63, 3.8) is 0 Å². The van der Waals surface area contributed by atoms with Gasteiger partial charge in [0.1, 0.15) is 0 Å². The van der Waals surface area contributed by atoms with Gasteiger partial charge < -0.3 is 0 Å². The largest absolute Gasteiger partial charge is 0.296 e. The smallest absolute Gasteiger partial charge is 0.263 e. The van der Waals surface area contributed by atoms with Gasteiger partial charge in [-0.2, -0.15) is 0 Å². The monoisotopic (exact) mass is 230 g/mol. The third kappa shape index (κ3) is 1.46. The third-order valence-electron chi connectivity index (χ3n) is 3.28. The van der Waals surface area contributed by atoms with E-state index < -0.39 is 0 Å². The first-order chi connectivity index (χ1) is 8.06. The molecular weight excluding hydrogens is 216 g/mol. The van der Waals surface area contributed by atoms with E-state index in [4.69, 9.17) is 0 Å². The summed E-state index contributed by atoms with van der Waals surface area (Å²) in [5.41, 5.74) is 3.61. The van der Waals surface area contributed by atoms with Crippen molar-refractivity contribution in [2.75, 3.05) is 7.05 Å². The lowest BCUT2D eigenvalue weighted by Gasteiger charge is -2.05. The fourth-order valence-electron chi connectivity index (χ4n) is 2.19. The summed E-state index contributed by atoms with van der Waals surface area (Å²) in [6.07, 6.45) is 1.82. The molecule has 0 aliphatic carbocycles. The lowest BCUT2D eigenvalue weighted by atomic mass is 10.2. The first-order valence-corrected chi connectivity index (χ1v) is 5.63. The average Bonchev–Trinajstić information content (AvgIpc) is 2.63. The van der Waals surface area contributed by atoms with Gasteiger partial charge in [-0.15, -0.1) is 0 Å². The molecule has 5 heteroatoms. The van der Waals surface area contributed by atoms with Crippen LogP contribution in [0.1, 0.15) is 22.5 Å². The number of aromatic nitrogens is 3. The van der Waals surface area contributed by atoms with Crippen molar-refractivity contribution < 1.29 is 0 Å². The highest BCUT2D eigenvalue weighted by Gasteiger charge is 2.22. The Morgan fingerprint density at radius 3 is 2.76 bits per heavy atom. The number of hydrogen-bond donors (Lipinski definition) is 0. The van der Waals surface area contributed by atoms with E-state index >= 15 is 0 Å². The van der Waals surface area contributed by atoms with Crippen molar-refractivity contribution >= 4 is 5.78 Å². The van der Waals surface area contributed by atoms with Gasteiger partial charge in [0, 0.05) is 25.0 Å². The average molecular weight is 230 g/mol. The van der Waals surface area contributed by atoms with Gasteiger partial charge in [0.15, 0.2) is 0 Å². The molecule has 88 valence electrons. The lowest BCUT2D eigenvalue weighted by molar-refractivity contribution is 0.350. The van der Waals surface area contributed by atoms with Crippen LogP contribution in [-0.2, 0) is 13.1 Å². The number of hydrogen-bond acceptors (Lipinski definition) is 4. The minimum Gasteiger partial charge on any atom is -0.296 e. The van der Waals surface area contributed by atoms with Gasteiger partial charge in [-0.25, -0.2) is 9.97 Å². The van der Waals surface area contributed by atoms with Crippen molar-refractivity contribution in [2.24, 2.45) is 0 Å². The number of rotatable bonds is 0. The predicted molar refractivity (Wildman–Crippen MR) is 63.9 cm³/mol. The van der Waals surface area contributed by atoms with Crippen LogP contribution in [0.5, 0.6) is 0 Å². The molecule has 2 aromatic heterocycles. The predicted octanol–water partition coefficient (Wildman–Crippen LogP) is 0.652. The second-order valence-electron chi connectivity index (χ2n) is 4.69. The number of aryl methyl sites for hydroxylation is 2. The van der Waals surface area contributed by atoms with Crippen LogP contribution in [-0.4, -0.2) is 26.3 Å². The molecule has 0 fully saturated rings. The van der Waals surface area contributed by atoms with Gasteiger partial charge in [0.05, 0.1) is 11.3 Å². The summed E-state index contributed by atoms with van der Waals surface area (Å²) in [6, 6.07) is 0. The maximum atomic E-state index is 12.3. The Balaban J connectivity index is 2.39. The summed E-state index contributed by atoms with van der Waals surface area (Å²) < 4.78 is 1.56. The zero-order chi connectivity index (χ0) is 12.2. The third-order valence-corrected chi connectivity index (χ3v) is 3.28. The van der Waals surface area contributed by atoms with Crippen LogP contribution < -0.4 is 5.56 Å². The molecule has 0 saturated heterocycles. The molecule has 0 bridgehead atoms. The Hall–Kier alpha value is -1.75. The molecule has 0 spiro atoms. The van der Waals surface area contributed by atoms with Gasteiger partial charge in [-0.1, -0.05) is 0 Å². The van der Waals surface area contributed by atoms with Crippen molar-refractivity contribution in [1.29, 1.82) is 0 Å². The summed E-state index contributed by atoms with van der Waals surface area (Å²) in [5.74, 6) is 0.507. The quantitative estimate of drug-likeness (QED) is 0.667. The molecule has 1 aliphatic heterocycles. The lowest BCUT2D eigenvalue weighted by Crippen LogP contribution is -2.22. The summed E-state index contributed by atoms with van der Waals surface area (Å²) >= 11 is 0. The second kappa shape index (κ2) is 3.37. The zero-order valence-corrected chi connectivity index (χ0v) is 10.2. The van der Waals surface area contributed by atoms with E-state index in [1.165, 1.54) is 0 Å². The van der Waals surface area contributed by atoms with Gasteiger partial charge in [0.2, 0.25) is 5.78 Å². The molecule has 3 rings (SSSR count). The second-order valence-corrected chi connectivity index (χ2v) is 4.69. The van der Waals surface area contributed by atoms with Gasteiger partial charge in [0.25, 0.3) is 5.56 Å². The maximum Gasteiger partial charge on any atom is 0.263 e. The minimum atomic E-state index is 0.0185. The molecule has 0 N–H and O–H groups in total. The normalized spacial score (nSPS) is 15.5. The fourth-order valence-corrected chi connectivity index (χ4v) is 2.19. The molecule has 0 unspecified atom stereocenters. The highest BCUT2D eigenvalue weighted by atomic mass is 16.1. The van der Waals surface area contributed by atoms with Crippen molar-refractivity contribution in [1.82, 2.24) is 19.3 Å². The molecule has 0 amide bonds. The van der Waals surface area contributed by atoms with E-state index in [0.29, 0.717) is 12.3 Å². The van der Waals surface area contributed by atoms with Gasteiger partial charge in [-0.3, -0.25) is 14.1 Å². The van der Waals surface area contributed by atoms with Crippen LogP contribution in [0.3, 0.4) is 0 Å². The SMILES string of the molecule is Cc1cn2c(=O)c3c(nc2nc1C)CN(C)C3. The van der Waals surface area contributed by atoms with Crippen LogP contribution >= 0.6 is 0 Å². The highest BCUT2D eigenvalue weighted by molar-refractivity contribution is 5.37. The van der Waals surface area contributed by atoms with Crippen LogP contribution in [0.15, 0.2) is 11.0 Å². The van der Waals surface area contributed by atoms with Crippen LogP contribution in [0.25, 0.3) is 5.78 Å². The molecule has 17 heavy (non-hydrogen) atoms. The van der Waals surface area contributed by atoms with E-state index in [9.17, 15) is 4.79 Å². The molecule has 3 heterocycles. The van der Waals surface area contributed by atoms with Crippen LogP contribution in [0, 0.1) is 13.8 Å². The molecule has 0 saturated carbocycles. The van der Waals surface area contributed by atoms with Crippen LogP contribution in [0.2, 0.25) is 0 Å². The Bertz CT molecular complexity index is 674. The van der Waals surface area contributed by atoms with Gasteiger partial charge >= 0.3 is 0 Å².